The van der Waals surface area contributed by atoms with Gasteiger partial charge in [-0.05, 0) is 49.1 Å². The van der Waals surface area contributed by atoms with E-state index < -0.39 is 0 Å². The lowest BCUT2D eigenvalue weighted by Gasteiger charge is -2.11. The summed E-state index contributed by atoms with van der Waals surface area (Å²) in [5, 5.41) is 13.0. The summed E-state index contributed by atoms with van der Waals surface area (Å²) in [5.74, 6) is 0.577. The molecule has 0 bridgehead atoms. The lowest BCUT2D eigenvalue weighted by molar-refractivity contribution is 0.900. The smallest absolute Gasteiger partial charge is 0.148 e. The molecule has 1 aliphatic carbocycles. The highest BCUT2D eigenvalue weighted by Crippen LogP contribution is 2.31. The van der Waals surface area contributed by atoms with Crippen molar-refractivity contribution in [2.45, 2.75) is 19.3 Å². The van der Waals surface area contributed by atoms with Crippen LogP contribution in [0, 0.1) is 11.3 Å². The number of aryl methyl sites for hydroxylation is 2. The van der Waals surface area contributed by atoms with Crippen LogP contribution < -0.4 is 5.32 Å². The van der Waals surface area contributed by atoms with Gasteiger partial charge in [0.05, 0.1) is 16.3 Å². The van der Waals surface area contributed by atoms with E-state index in [1.165, 1.54) is 5.56 Å². The average Bonchev–Trinajstić information content (AvgIpc) is 2.89. The number of nitrogens with zero attached hydrogens (tertiary/aromatic N) is 2. The van der Waals surface area contributed by atoms with Crippen molar-refractivity contribution >= 4 is 39.0 Å². The number of nitrogens with one attached hydrogen (secondary N) is 1. The van der Waals surface area contributed by atoms with Crippen LogP contribution in [-0.4, -0.2) is 4.98 Å². The van der Waals surface area contributed by atoms with Crippen LogP contribution in [0.3, 0.4) is 0 Å². The fourth-order valence-corrected chi connectivity index (χ4v) is 2.90. The first-order valence-corrected chi connectivity index (χ1v) is 7.49. The Bertz CT molecular complexity index is 722. The molecule has 0 radical (unpaired) electrons. The highest BCUT2D eigenvalue weighted by atomic mass is 79.9. The second kappa shape index (κ2) is 5.43. The summed E-state index contributed by atoms with van der Waals surface area (Å²) in [6.45, 7) is 0. The first kappa shape index (κ1) is 13.4. The van der Waals surface area contributed by atoms with Crippen LogP contribution in [0.4, 0.5) is 11.5 Å². The molecule has 0 unspecified atom stereocenters. The van der Waals surface area contributed by atoms with E-state index >= 15 is 0 Å². The number of pyridine rings is 1. The van der Waals surface area contributed by atoms with Crippen LogP contribution in [0.5, 0.6) is 0 Å². The van der Waals surface area contributed by atoms with Crippen molar-refractivity contribution < 1.29 is 0 Å². The molecule has 0 fully saturated rings. The molecule has 2 aromatic rings. The van der Waals surface area contributed by atoms with Crippen molar-refractivity contribution in [3.8, 4) is 6.07 Å². The van der Waals surface area contributed by atoms with Crippen molar-refractivity contribution in [1.29, 1.82) is 5.26 Å². The van der Waals surface area contributed by atoms with E-state index in [1.807, 2.05) is 18.2 Å². The zero-order valence-corrected chi connectivity index (χ0v) is 12.9. The summed E-state index contributed by atoms with van der Waals surface area (Å²) in [6, 6.07) is 9.68. The molecule has 1 aromatic heterocycles. The van der Waals surface area contributed by atoms with E-state index in [0.717, 1.165) is 35.1 Å². The molecule has 1 aliphatic rings. The van der Waals surface area contributed by atoms with Crippen LogP contribution in [0.15, 0.2) is 28.7 Å². The maximum atomic E-state index is 9.28. The van der Waals surface area contributed by atoms with Gasteiger partial charge in [0, 0.05) is 10.2 Å². The van der Waals surface area contributed by atoms with Crippen LogP contribution in [0.1, 0.15) is 23.2 Å². The van der Waals surface area contributed by atoms with E-state index in [9.17, 15) is 5.26 Å². The van der Waals surface area contributed by atoms with Gasteiger partial charge in [-0.3, -0.25) is 0 Å². The van der Waals surface area contributed by atoms with Gasteiger partial charge in [0.2, 0.25) is 0 Å². The number of fused-ring (bicyclic) bond motifs is 1. The standard InChI is InChI=1S/C15H11BrClN3/c16-11-4-5-12(17)14(7-11)20-15-10(8-18)6-9-2-1-3-13(9)19-15/h4-7H,1-3H2,(H,19,20). The molecule has 3 nitrogen and oxygen atoms in total. The molecule has 0 saturated heterocycles. The Kier molecular flexibility index (Phi) is 3.64. The molecule has 0 atom stereocenters. The highest BCUT2D eigenvalue weighted by Gasteiger charge is 2.17. The lowest BCUT2D eigenvalue weighted by atomic mass is 10.1. The summed E-state index contributed by atoms with van der Waals surface area (Å²) >= 11 is 9.58. The zero-order valence-electron chi connectivity index (χ0n) is 10.6. The van der Waals surface area contributed by atoms with Crippen LogP contribution in [-0.2, 0) is 12.8 Å². The van der Waals surface area contributed by atoms with Gasteiger partial charge in [-0.25, -0.2) is 4.98 Å². The number of aromatic nitrogens is 1. The van der Waals surface area contributed by atoms with E-state index in [0.29, 0.717) is 16.4 Å². The molecular weight excluding hydrogens is 338 g/mol. The normalized spacial score (nSPS) is 12.8. The number of nitriles is 1. The topological polar surface area (TPSA) is 48.7 Å². The predicted octanol–water partition coefficient (Wildman–Crippen LogP) is 4.60. The van der Waals surface area contributed by atoms with Gasteiger partial charge in [-0.15, -0.1) is 0 Å². The van der Waals surface area contributed by atoms with Crippen molar-refractivity contribution in [1.82, 2.24) is 4.98 Å². The summed E-state index contributed by atoms with van der Waals surface area (Å²) in [6.07, 6.45) is 3.09. The molecule has 1 N–H and O–H groups in total. The fourth-order valence-electron chi connectivity index (χ4n) is 2.37. The Hall–Kier alpha value is -1.57. The van der Waals surface area contributed by atoms with Crippen molar-refractivity contribution in [2.75, 3.05) is 5.32 Å². The first-order valence-electron chi connectivity index (χ1n) is 6.32. The number of rotatable bonds is 2. The molecule has 0 spiro atoms. The Morgan fingerprint density at radius 1 is 1.30 bits per heavy atom. The Morgan fingerprint density at radius 2 is 2.15 bits per heavy atom. The molecule has 0 aliphatic heterocycles. The first-order chi connectivity index (χ1) is 9.67. The van der Waals surface area contributed by atoms with Gasteiger partial charge in [-0.2, -0.15) is 5.26 Å². The molecular formula is C15H11BrClN3. The van der Waals surface area contributed by atoms with E-state index in [-0.39, 0.29) is 0 Å². The van der Waals surface area contributed by atoms with Crippen LogP contribution >= 0.6 is 27.5 Å². The summed E-state index contributed by atoms with van der Waals surface area (Å²) in [5.41, 5.74) is 3.56. The minimum absolute atomic E-state index is 0.557. The summed E-state index contributed by atoms with van der Waals surface area (Å²) in [7, 11) is 0. The predicted molar refractivity (Wildman–Crippen MR) is 83.4 cm³/mol. The van der Waals surface area contributed by atoms with Gasteiger partial charge in [-0.1, -0.05) is 27.5 Å². The van der Waals surface area contributed by atoms with Gasteiger partial charge in [0.25, 0.3) is 0 Å². The molecule has 0 amide bonds. The number of anilines is 2. The third kappa shape index (κ3) is 2.52. The quantitative estimate of drug-likeness (QED) is 0.862. The number of halogens is 2. The molecule has 20 heavy (non-hydrogen) atoms. The number of hydrogen-bond acceptors (Lipinski definition) is 3. The fraction of sp³-hybridized carbons (Fsp3) is 0.200. The maximum absolute atomic E-state index is 9.28. The molecule has 100 valence electrons. The lowest BCUT2D eigenvalue weighted by Crippen LogP contribution is -2.01. The molecule has 1 aromatic carbocycles. The van der Waals surface area contributed by atoms with Gasteiger partial charge in [0.1, 0.15) is 11.9 Å². The monoisotopic (exact) mass is 347 g/mol. The van der Waals surface area contributed by atoms with E-state index in [2.05, 4.69) is 32.3 Å². The van der Waals surface area contributed by atoms with E-state index in [1.54, 1.807) is 6.07 Å². The van der Waals surface area contributed by atoms with Crippen LogP contribution in [0.25, 0.3) is 0 Å². The van der Waals surface area contributed by atoms with E-state index in [4.69, 9.17) is 11.6 Å². The van der Waals surface area contributed by atoms with Gasteiger partial charge in [0.15, 0.2) is 0 Å². The molecule has 0 saturated carbocycles. The Labute approximate surface area is 130 Å². The molecule has 3 rings (SSSR count). The maximum Gasteiger partial charge on any atom is 0.148 e. The second-order valence-electron chi connectivity index (χ2n) is 4.70. The zero-order chi connectivity index (χ0) is 14.1. The van der Waals surface area contributed by atoms with Gasteiger partial charge < -0.3 is 5.32 Å². The largest absolute Gasteiger partial charge is 0.338 e. The highest BCUT2D eigenvalue weighted by molar-refractivity contribution is 9.10. The SMILES string of the molecule is N#Cc1cc2c(nc1Nc1cc(Br)ccc1Cl)CCC2. The summed E-state index contributed by atoms with van der Waals surface area (Å²) in [4.78, 5) is 4.58. The summed E-state index contributed by atoms with van der Waals surface area (Å²) < 4.78 is 0.920. The average molecular weight is 349 g/mol. The van der Waals surface area contributed by atoms with Gasteiger partial charge >= 0.3 is 0 Å². The third-order valence-corrected chi connectivity index (χ3v) is 4.18. The third-order valence-electron chi connectivity index (χ3n) is 3.35. The number of hydrogen-bond donors (Lipinski definition) is 1. The van der Waals surface area contributed by atoms with Crippen molar-refractivity contribution in [3.63, 3.8) is 0 Å². The van der Waals surface area contributed by atoms with Crippen LogP contribution in [0.2, 0.25) is 5.02 Å². The second-order valence-corrected chi connectivity index (χ2v) is 6.03. The minimum Gasteiger partial charge on any atom is -0.338 e. The van der Waals surface area contributed by atoms with Crippen molar-refractivity contribution in [3.05, 3.63) is 50.6 Å². The molecule has 5 heteroatoms. The Balaban J connectivity index is 2.02. The Morgan fingerprint density at radius 3 is 2.95 bits per heavy atom. The van der Waals surface area contributed by atoms with Crippen molar-refractivity contribution in [2.24, 2.45) is 0 Å². The number of benzene rings is 1. The minimum atomic E-state index is 0.557. The molecule has 1 heterocycles.